The molecule has 2 aromatic heterocycles. The van der Waals surface area contributed by atoms with Crippen LogP contribution in [0.3, 0.4) is 0 Å². The Morgan fingerprint density at radius 3 is 2.94 bits per heavy atom. The molecule has 0 radical (unpaired) electrons. The Kier molecular flexibility index (Phi) is 3.66. The quantitative estimate of drug-likeness (QED) is 0.799. The predicted octanol–water partition coefficient (Wildman–Crippen LogP) is 1.66. The van der Waals surface area contributed by atoms with Gasteiger partial charge in [0.2, 0.25) is 0 Å². The van der Waals surface area contributed by atoms with Crippen molar-refractivity contribution in [2.75, 3.05) is 0 Å². The lowest BCUT2D eigenvalue weighted by molar-refractivity contribution is 0.652. The van der Waals surface area contributed by atoms with Gasteiger partial charge >= 0.3 is 0 Å². The second-order valence-electron chi connectivity index (χ2n) is 3.60. The summed E-state index contributed by atoms with van der Waals surface area (Å²) in [4.78, 5) is 11.6. The van der Waals surface area contributed by atoms with Gasteiger partial charge in [0, 0.05) is 25.1 Å². The van der Waals surface area contributed by atoms with Gasteiger partial charge in [-0.05, 0) is 18.1 Å². The van der Waals surface area contributed by atoms with E-state index in [0.29, 0.717) is 0 Å². The summed E-state index contributed by atoms with van der Waals surface area (Å²) in [5.41, 5.74) is 2.42. The molecule has 0 saturated heterocycles. The predicted molar refractivity (Wildman–Crippen MR) is 62.7 cm³/mol. The number of aryl methyl sites for hydroxylation is 1. The highest BCUT2D eigenvalue weighted by atomic mass is 15.0. The van der Waals surface area contributed by atoms with Crippen molar-refractivity contribution in [1.29, 1.82) is 0 Å². The molecule has 0 bridgehead atoms. The number of hydrogen-bond acceptors (Lipinski definition) is 3. The number of rotatable bonds is 5. The van der Waals surface area contributed by atoms with E-state index in [9.17, 15) is 0 Å². The fraction of sp³-hybridized carbons (Fsp3) is 0.333. The number of hydrogen-bond donors (Lipinski definition) is 2. The van der Waals surface area contributed by atoms with Crippen LogP contribution in [0.2, 0.25) is 0 Å². The molecule has 0 aliphatic heterocycles. The summed E-state index contributed by atoms with van der Waals surface area (Å²) >= 11 is 0. The van der Waals surface area contributed by atoms with E-state index in [-0.39, 0.29) is 0 Å². The Hall–Kier alpha value is -1.68. The highest BCUT2D eigenvalue weighted by Gasteiger charge is 2.01. The van der Waals surface area contributed by atoms with Gasteiger partial charge < -0.3 is 10.3 Å². The van der Waals surface area contributed by atoms with Gasteiger partial charge in [0.05, 0.1) is 12.2 Å². The molecule has 0 fully saturated rings. The molecule has 0 aliphatic carbocycles. The standard InChI is InChI=1S/C12H16N4/c1-2-10-4-3-5-14-11(10)8-13-9-12-15-6-7-16-12/h3-7,13H,2,8-9H2,1H3,(H,15,16). The maximum atomic E-state index is 4.38. The molecular weight excluding hydrogens is 200 g/mol. The largest absolute Gasteiger partial charge is 0.348 e. The van der Waals surface area contributed by atoms with Crippen molar-refractivity contribution < 1.29 is 0 Å². The third-order valence-corrected chi connectivity index (χ3v) is 2.51. The Balaban J connectivity index is 1.89. The molecule has 4 nitrogen and oxygen atoms in total. The van der Waals surface area contributed by atoms with Crippen molar-refractivity contribution in [1.82, 2.24) is 20.3 Å². The summed E-state index contributed by atoms with van der Waals surface area (Å²) in [6.07, 6.45) is 6.44. The van der Waals surface area contributed by atoms with E-state index in [2.05, 4.69) is 33.3 Å². The average molecular weight is 216 g/mol. The molecule has 0 unspecified atom stereocenters. The molecule has 2 rings (SSSR count). The third kappa shape index (κ3) is 2.67. The number of aromatic amines is 1. The lowest BCUT2D eigenvalue weighted by Crippen LogP contribution is -2.15. The zero-order chi connectivity index (χ0) is 11.2. The van der Waals surface area contributed by atoms with Crippen molar-refractivity contribution in [2.45, 2.75) is 26.4 Å². The van der Waals surface area contributed by atoms with Crippen LogP contribution in [0.25, 0.3) is 0 Å². The zero-order valence-electron chi connectivity index (χ0n) is 9.40. The fourth-order valence-electron chi connectivity index (χ4n) is 1.65. The van der Waals surface area contributed by atoms with Crippen LogP contribution in [0.15, 0.2) is 30.7 Å². The van der Waals surface area contributed by atoms with Crippen LogP contribution < -0.4 is 5.32 Å². The van der Waals surface area contributed by atoms with Gasteiger partial charge in [-0.2, -0.15) is 0 Å². The van der Waals surface area contributed by atoms with Crippen LogP contribution in [0, 0.1) is 0 Å². The molecule has 84 valence electrons. The Morgan fingerprint density at radius 1 is 1.25 bits per heavy atom. The minimum atomic E-state index is 0.743. The SMILES string of the molecule is CCc1cccnc1CNCc1ncc[nH]1. The molecule has 0 atom stereocenters. The maximum Gasteiger partial charge on any atom is 0.120 e. The van der Waals surface area contributed by atoms with Crippen LogP contribution in [0.4, 0.5) is 0 Å². The monoisotopic (exact) mass is 216 g/mol. The molecule has 2 heterocycles. The van der Waals surface area contributed by atoms with Gasteiger partial charge in [0.25, 0.3) is 0 Å². The molecule has 0 saturated carbocycles. The van der Waals surface area contributed by atoms with E-state index in [1.54, 1.807) is 6.20 Å². The number of H-pyrrole nitrogens is 1. The van der Waals surface area contributed by atoms with Gasteiger partial charge in [-0.1, -0.05) is 13.0 Å². The van der Waals surface area contributed by atoms with E-state index in [1.165, 1.54) is 5.56 Å². The minimum absolute atomic E-state index is 0.743. The first-order chi connectivity index (χ1) is 7.90. The zero-order valence-corrected chi connectivity index (χ0v) is 9.40. The Morgan fingerprint density at radius 2 is 2.19 bits per heavy atom. The van der Waals surface area contributed by atoms with Gasteiger partial charge in [0.1, 0.15) is 5.82 Å². The number of pyridine rings is 1. The summed E-state index contributed by atoms with van der Waals surface area (Å²) < 4.78 is 0. The van der Waals surface area contributed by atoms with Crippen LogP contribution >= 0.6 is 0 Å². The number of imidazole rings is 1. The van der Waals surface area contributed by atoms with Gasteiger partial charge in [-0.25, -0.2) is 4.98 Å². The first kappa shape index (κ1) is 10.8. The van der Waals surface area contributed by atoms with E-state index in [1.807, 2.05) is 18.5 Å². The van der Waals surface area contributed by atoms with Crippen LogP contribution in [0.1, 0.15) is 24.0 Å². The highest BCUT2D eigenvalue weighted by Crippen LogP contribution is 2.05. The first-order valence-corrected chi connectivity index (χ1v) is 5.52. The normalized spacial score (nSPS) is 10.6. The topological polar surface area (TPSA) is 53.6 Å². The van der Waals surface area contributed by atoms with E-state index in [0.717, 1.165) is 31.0 Å². The molecule has 4 heteroatoms. The summed E-state index contributed by atoms with van der Waals surface area (Å²) in [5.74, 6) is 0.953. The number of nitrogens with zero attached hydrogens (tertiary/aromatic N) is 2. The molecule has 16 heavy (non-hydrogen) atoms. The second-order valence-corrected chi connectivity index (χ2v) is 3.60. The van der Waals surface area contributed by atoms with E-state index >= 15 is 0 Å². The van der Waals surface area contributed by atoms with Crippen molar-refractivity contribution in [3.05, 3.63) is 47.8 Å². The molecule has 0 spiro atoms. The lowest BCUT2D eigenvalue weighted by atomic mass is 10.1. The Bertz CT molecular complexity index is 422. The van der Waals surface area contributed by atoms with E-state index < -0.39 is 0 Å². The van der Waals surface area contributed by atoms with Crippen molar-refractivity contribution in [3.63, 3.8) is 0 Å². The van der Waals surface area contributed by atoms with Crippen molar-refractivity contribution in [3.8, 4) is 0 Å². The van der Waals surface area contributed by atoms with Crippen molar-refractivity contribution >= 4 is 0 Å². The molecular formula is C12H16N4. The molecule has 2 aromatic rings. The molecule has 0 aliphatic rings. The molecule has 2 N–H and O–H groups in total. The van der Waals surface area contributed by atoms with Crippen LogP contribution in [0.5, 0.6) is 0 Å². The lowest BCUT2D eigenvalue weighted by Gasteiger charge is -2.06. The molecule has 0 amide bonds. The molecule has 0 aromatic carbocycles. The fourth-order valence-corrected chi connectivity index (χ4v) is 1.65. The van der Waals surface area contributed by atoms with Gasteiger partial charge in [-0.3, -0.25) is 4.98 Å². The minimum Gasteiger partial charge on any atom is -0.348 e. The smallest absolute Gasteiger partial charge is 0.120 e. The maximum absolute atomic E-state index is 4.38. The third-order valence-electron chi connectivity index (χ3n) is 2.51. The summed E-state index contributed by atoms with van der Waals surface area (Å²) in [6, 6.07) is 4.10. The summed E-state index contributed by atoms with van der Waals surface area (Å²) in [6.45, 7) is 3.67. The second kappa shape index (κ2) is 5.42. The number of aromatic nitrogens is 3. The van der Waals surface area contributed by atoms with Crippen LogP contribution in [-0.2, 0) is 19.5 Å². The summed E-state index contributed by atoms with van der Waals surface area (Å²) in [7, 11) is 0. The van der Waals surface area contributed by atoms with E-state index in [4.69, 9.17) is 0 Å². The highest BCUT2D eigenvalue weighted by molar-refractivity contribution is 5.19. The summed E-state index contributed by atoms with van der Waals surface area (Å²) in [5, 5.41) is 3.32. The average Bonchev–Trinajstić information content (AvgIpc) is 2.83. The van der Waals surface area contributed by atoms with Gasteiger partial charge in [-0.15, -0.1) is 0 Å². The number of nitrogens with one attached hydrogen (secondary N) is 2. The first-order valence-electron chi connectivity index (χ1n) is 5.52. The van der Waals surface area contributed by atoms with Crippen LogP contribution in [-0.4, -0.2) is 15.0 Å². The van der Waals surface area contributed by atoms with Gasteiger partial charge in [0.15, 0.2) is 0 Å². The van der Waals surface area contributed by atoms with Crippen molar-refractivity contribution in [2.24, 2.45) is 0 Å². The Labute approximate surface area is 95.1 Å².